The van der Waals surface area contributed by atoms with E-state index in [0.717, 1.165) is 28.8 Å². The number of likely N-dealkylation sites (tertiary alicyclic amines) is 4. The van der Waals surface area contributed by atoms with Gasteiger partial charge in [-0.3, -0.25) is 19.2 Å². The van der Waals surface area contributed by atoms with Crippen molar-refractivity contribution < 1.29 is 102 Å². The quantitative estimate of drug-likeness (QED) is 0.0399. The number of furan rings is 1. The number of phenols is 6. The first-order chi connectivity index (χ1) is 58.0. The van der Waals surface area contributed by atoms with E-state index in [1.54, 1.807) is 83.1 Å². The van der Waals surface area contributed by atoms with Crippen LogP contribution in [0.25, 0.3) is 43.9 Å². The number of likely N-dealkylation sites (N-methyl/N-ethyl adjacent to an activating group) is 4. The molecule has 4 saturated heterocycles. The smallest absolute Gasteiger partial charge is 0.379 e. The second kappa shape index (κ2) is 36.4. The second-order valence-electron chi connectivity index (χ2n) is 32.4. The molecule has 12 N–H and O–H groups in total. The molecule has 10 unspecified atom stereocenters. The minimum absolute atomic E-state index is 0.00507. The first-order valence-electron chi connectivity index (χ1n) is 40.1. The van der Waals surface area contributed by atoms with Gasteiger partial charge in [-0.2, -0.15) is 0 Å². The van der Waals surface area contributed by atoms with Crippen molar-refractivity contribution in [2.24, 2.45) is 0 Å². The van der Waals surface area contributed by atoms with Crippen molar-refractivity contribution in [3.05, 3.63) is 264 Å². The van der Waals surface area contributed by atoms with Crippen LogP contribution in [0.1, 0.15) is 167 Å². The van der Waals surface area contributed by atoms with Crippen LogP contribution >= 0.6 is 0 Å². The maximum absolute atomic E-state index is 13.4. The van der Waals surface area contributed by atoms with Crippen molar-refractivity contribution in [2.45, 2.75) is 134 Å². The van der Waals surface area contributed by atoms with E-state index in [-0.39, 0.29) is 107 Å². The Bertz CT molecular complexity index is 6000. The summed E-state index contributed by atoms with van der Waals surface area (Å²) < 4.78 is 39.9. The van der Waals surface area contributed by atoms with Crippen molar-refractivity contribution in [2.75, 3.05) is 80.5 Å². The zero-order chi connectivity index (χ0) is 87.9. The molecule has 642 valence electrons. The van der Waals surface area contributed by atoms with E-state index in [1.807, 2.05) is 92.0 Å². The summed E-state index contributed by atoms with van der Waals surface area (Å²) in [6, 6.07) is 31.6. The molecule has 10 atom stereocenters. The number of hydrogen-bond donors (Lipinski definition) is 12. The molecule has 16 rings (SSSR count). The highest BCUT2D eigenvalue weighted by molar-refractivity contribution is 5.96. The van der Waals surface area contributed by atoms with E-state index in [2.05, 4.69) is 0 Å². The number of carbonyl (C=O) groups is 2. The van der Waals surface area contributed by atoms with Gasteiger partial charge in [-0.05, 0) is 163 Å². The topological polar surface area (TPSA) is 442 Å². The van der Waals surface area contributed by atoms with Crippen molar-refractivity contribution in [1.29, 1.82) is 0 Å². The van der Waals surface area contributed by atoms with Gasteiger partial charge in [-0.1, -0.05) is 77.9 Å². The number of fused-ring (bicyclic) bond motifs is 4. The van der Waals surface area contributed by atoms with Crippen molar-refractivity contribution in [3.63, 3.8) is 0 Å². The third-order valence-electron chi connectivity index (χ3n) is 23.4. The summed E-state index contributed by atoms with van der Waals surface area (Å²) in [6.07, 6.45) is -1.92. The molecule has 4 aliphatic heterocycles. The van der Waals surface area contributed by atoms with Gasteiger partial charge in [0.05, 0.1) is 47.4 Å². The number of piperidine rings is 4. The normalized spacial score (nSPS) is 20.3. The van der Waals surface area contributed by atoms with Gasteiger partial charge in [-0.15, -0.1) is 0 Å². The second-order valence-corrected chi connectivity index (χ2v) is 32.4. The first kappa shape index (κ1) is 87.8. The Morgan fingerprint density at radius 3 is 1.10 bits per heavy atom. The number of benzene rings is 7. The Kier molecular flexibility index (Phi) is 26.2. The molecule has 4 fully saturated rings. The average Bonchev–Trinajstić information content (AvgIpc) is 1.87. The van der Waals surface area contributed by atoms with Crippen LogP contribution in [0.2, 0.25) is 0 Å². The van der Waals surface area contributed by atoms with Crippen LogP contribution in [0.15, 0.2) is 169 Å². The summed E-state index contributed by atoms with van der Waals surface area (Å²) in [5.74, 6) is -3.92. The Hall–Kier alpha value is -12.0. The van der Waals surface area contributed by atoms with E-state index in [1.165, 1.54) is 36.6 Å². The van der Waals surface area contributed by atoms with Crippen molar-refractivity contribution >= 4 is 55.8 Å². The highest BCUT2D eigenvalue weighted by atomic mass is 16.6. The molecule has 0 saturated carbocycles. The highest BCUT2D eigenvalue weighted by Gasteiger charge is 2.40. The Balaban J connectivity index is 0.000000140. The fraction of sp³-hybridized carbons (Fsp3) is 0.355. The van der Waals surface area contributed by atoms with Gasteiger partial charge in [0, 0.05) is 109 Å². The summed E-state index contributed by atoms with van der Waals surface area (Å²) in [5, 5.41) is 128. The molecule has 7 aromatic carbocycles. The molecule has 0 bridgehead atoms. The Morgan fingerprint density at radius 1 is 0.402 bits per heavy atom. The van der Waals surface area contributed by atoms with Crippen LogP contribution in [0.3, 0.4) is 0 Å². The number of aromatic hydroxyl groups is 6. The average molecular weight is 1670 g/mol. The molecule has 0 spiro atoms. The predicted molar refractivity (Wildman–Crippen MR) is 453 cm³/mol. The number of hydrogen-bond acceptors (Lipinski definition) is 29. The standard InChI is InChI=1S/2C24H27NO6.C24H25NO6.C21H21NO7/c2*1-12-4-6-14(7-5-12)22(29)19-13(2)31-24-20(15-8-9-25(3)11-18(15)28)16(26)10-17(27)21(24)23(19)30;1-13-6-4-5-7-15(13)24(29)31-20-11-18(27)22-17(26)10-14(2)30-23(22)21(20)16-8-9-25(3)12-19(16)28;1-11-8-13(23)19-14(24)9-17(29-21(26)16-4-3-7-27-16)18(20(19)28-11)12-5-6-22(2)10-15(12)25/h2*4-7,10,15,18,22,26-29H,8-9,11H2,1-3H3;4-7,10-11,16,19,27-28H,8-9,12H2,1-3H3;3-4,7-9,12,15,24-25H,5-6,10H2,1-2H3. The van der Waals surface area contributed by atoms with Crippen LogP contribution in [-0.4, -0.2) is 198 Å². The number of ether oxygens (including phenoxy) is 2. The van der Waals surface area contributed by atoms with E-state index < -0.39 is 105 Å². The predicted octanol–water partition coefficient (Wildman–Crippen LogP) is 10.9. The van der Waals surface area contributed by atoms with Crippen LogP contribution < -0.4 is 31.2 Å². The molecule has 0 aliphatic carbocycles. The third-order valence-corrected chi connectivity index (χ3v) is 23.4. The van der Waals surface area contributed by atoms with Crippen molar-refractivity contribution in [3.8, 4) is 46.0 Å². The van der Waals surface area contributed by atoms with Gasteiger partial charge >= 0.3 is 11.9 Å². The SMILES string of the molecule is Cc1cc(=O)c2c(O)cc(OC(=O)c3ccccc3C)c(C3CCN(C)CC3O)c2o1.Cc1cc(=O)c2c(O)cc(OC(=O)c3ccco3)c(C3CCN(C)CC3O)c2o1.Cc1ccc(C(O)c2c(C)oc3c(C4CCN(C)CC4O)c(O)cc(O)c3c2=O)cc1.Cc1ccc(C(O)c2c(C)oc3c(C4CCN(C)CC4O)c(O)cc(O)c3c2=O)cc1. The summed E-state index contributed by atoms with van der Waals surface area (Å²) in [6.45, 7) is 16.6. The molecular formula is C93H100N4O25. The van der Waals surface area contributed by atoms with Gasteiger partial charge in [0.15, 0.2) is 10.9 Å². The zero-order valence-electron chi connectivity index (χ0n) is 69.3. The van der Waals surface area contributed by atoms with Crippen LogP contribution in [-0.2, 0) is 0 Å². The summed E-state index contributed by atoms with van der Waals surface area (Å²) in [7, 11) is 7.61. The molecule has 0 radical (unpaired) electrons. The molecule has 5 aromatic heterocycles. The van der Waals surface area contributed by atoms with E-state index in [4.69, 9.17) is 31.6 Å². The number of esters is 2. The number of aliphatic hydroxyl groups is 6. The van der Waals surface area contributed by atoms with Crippen LogP contribution in [0, 0.1) is 48.5 Å². The number of β-amino-alcohol motifs (C(OH)–C–C–N with tert-alkyl or cyclic N) is 4. The first-order valence-corrected chi connectivity index (χ1v) is 40.1. The minimum Gasteiger partial charge on any atom is -0.507 e. The Morgan fingerprint density at radius 2 is 0.746 bits per heavy atom. The lowest BCUT2D eigenvalue weighted by Gasteiger charge is -2.34. The van der Waals surface area contributed by atoms with E-state index in [9.17, 15) is 90.0 Å². The number of rotatable bonds is 12. The van der Waals surface area contributed by atoms with Crippen molar-refractivity contribution in [1.82, 2.24) is 19.6 Å². The largest absolute Gasteiger partial charge is 0.507 e. The lowest BCUT2D eigenvalue weighted by atomic mass is 9.85. The summed E-state index contributed by atoms with van der Waals surface area (Å²) in [5.41, 5.74) is 4.19. The molecule has 29 nitrogen and oxygen atoms in total. The molecule has 122 heavy (non-hydrogen) atoms. The van der Waals surface area contributed by atoms with E-state index >= 15 is 0 Å². The van der Waals surface area contributed by atoms with E-state index in [0.29, 0.717) is 129 Å². The van der Waals surface area contributed by atoms with Gasteiger partial charge < -0.3 is 112 Å². The summed E-state index contributed by atoms with van der Waals surface area (Å²) >= 11 is 0. The zero-order valence-corrected chi connectivity index (χ0v) is 69.3. The molecule has 12 aromatic rings. The van der Waals surface area contributed by atoms with Gasteiger partial charge in [0.1, 0.15) is 125 Å². The minimum atomic E-state index is -1.23. The molecular weight excluding hydrogens is 1570 g/mol. The summed E-state index contributed by atoms with van der Waals surface area (Å²) in [4.78, 5) is 85.2. The van der Waals surface area contributed by atoms with Crippen LogP contribution in [0.5, 0.6) is 46.0 Å². The highest BCUT2D eigenvalue weighted by Crippen LogP contribution is 2.48. The molecule has 29 heteroatoms. The van der Waals surface area contributed by atoms with Gasteiger partial charge in [-0.25, -0.2) is 9.59 Å². The maximum Gasteiger partial charge on any atom is 0.379 e. The number of aryl methyl sites for hydroxylation is 7. The molecule has 9 heterocycles. The lowest BCUT2D eigenvalue weighted by Crippen LogP contribution is -2.40. The number of aliphatic hydroxyl groups excluding tert-OH is 6. The van der Waals surface area contributed by atoms with Gasteiger partial charge in [0.2, 0.25) is 16.6 Å². The fourth-order valence-corrected chi connectivity index (χ4v) is 17.1. The molecule has 0 amide bonds. The monoisotopic (exact) mass is 1670 g/mol. The number of carbonyl (C=O) groups excluding carboxylic acids is 2. The van der Waals surface area contributed by atoms with Crippen LogP contribution in [0.4, 0.5) is 0 Å². The van der Waals surface area contributed by atoms with Gasteiger partial charge in [0.25, 0.3) is 0 Å². The maximum atomic E-state index is 13.4. The number of phenolic OH excluding ortho intramolecular Hbond substituents is 6. The Labute approximate surface area is 699 Å². The third kappa shape index (κ3) is 18.0. The lowest BCUT2D eigenvalue weighted by molar-refractivity contribution is 0.0599. The number of nitrogens with zero attached hydrogens (tertiary/aromatic N) is 4. The fourth-order valence-electron chi connectivity index (χ4n) is 17.1. The molecule has 4 aliphatic rings.